The molecule has 35 heavy (non-hydrogen) atoms. The minimum Gasteiger partial charge on any atom is -0.497 e. The summed E-state index contributed by atoms with van der Waals surface area (Å²) in [5.74, 6) is 0.849. The van der Waals surface area contributed by atoms with Crippen molar-refractivity contribution in [2.45, 2.75) is 31.7 Å². The van der Waals surface area contributed by atoms with E-state index in [0.717, 1.165) is 17.9 Å². The topological polar surface area (TPSA) is 51.5 Å². The predicted molar refractivity (Wildman–Crippen MR) is 141 cm³/mol. The Hall–Kier alpha value is -3.35. The zero-order valence-electron chi connectivity index (χ0n) is 20.4. The second-order valence-electron chi connectivity index (χ2n) is 9.07. The van der Waals surface area contributed by atoms with E-state index in [1.165, 1.54) is 33.3 Å². The van der Waals surface area contributed by atoms with E-state index in [0.29, 0.717) is 24.4 Å². The van der Waals surface area contributed by atoms with Crippen molar-refractivity contribution in [3.05, 3.63) is 101 Å². The number of para-hydroxylation sites is 1. The summed E-state index contributed by atoms with van der Waals surface area (Å²) >= 11 is 0. The second-order valence-corrected chi connectivity index (χ2v) is 11.0. The van der Waals surface area contributed by atoms with Gasteiger partial charge in [0.1, 0.15) is 5.75 Å². The minimum atomic E-state index is -3.51. The number of nitrogens with zero attached hydrogens (tertiary/aromatic N) is 2. The van der Waals surface area contributed by atoms with Gasteiger partial charge in [0.05, 0.1) is 12.0 Å². The van der Waals surface area contributed by atoms with Crippen LogP contribution in [-0.2, 0) is 16.6 Å². The Labute approximate surface area is 207 Å². The molecule has 5 rings (SSSR count). The third-order valence-corrected chi connectivity index (χ3v) is 8.69. The predicted octanol–water partition coefficient (Wildman–Crippen LogP) is 5.79. The maximum atomic E-state index is 13.2. The number of aryl methyl sites for hydroxylation is 1. The fourth-order valence-electron chi connectivity index (χ4n) is 5.01. The van der Waals surface area contributed by atoms with Gasteiger partial charge in [-0.1, -0.05) is 48.5 Å². The van der Waals surface area contributed by atoms with Crippen molar-refractivity contribution in [1.29, 1.82) is 0 Å². The Bertz CT molecular complexity index is 1530. The number of hydrogen-bond donors (Lipinski definition) is 0. The first kappa shape index (κ1) is 23.4. The highest BCUT2D eigenvalue weighted by atomic mass is 32.2. The molecular formula is C29H30N2O3S. The number of rotatable bonds is 6. The van der Waals surface area contributed by atoms with Gasteiger partial charge in [-0.2, -0.15) is 4.31 Å². The number of benzene rings is 3. The fraction of sp³-hybridized carbons (Fsp3) is 0.241. The molecule has 0 amide bonds. The SMILES string of the molecule is COc1cccc(Cn2c(C)c(C3=CCN(S(=O)(=O)c4cccc(C)c4)CC3)c3ccccc32)c1. The van der Waals surface area contributed by atoms with Crippen LogP contribution in [-0.4, -0.2) is 37.5 Å². The number of aromatic nitrogens is 1. The van der Waals surface area contributed by atoms with Crippen molar-refractivity contribution in [2.75, 3.05) is 20.2 Å². The van der Waals surface area contributed by atoms with Crippen LogP contribution in [0.25, 0.3) is 16.5 Å². The van der Waals surface area contributed by atoms with Crippen LogP contribution in [0.5, 0.6) is 5.75 Å². The number of ether oxygens (including phenoxy) is 1. The lowest BCUT2D eigenvalue weighted by molar-refractivity contribution is 0.414. The summed E-state index contributed by atoms with van der Waals surface area (Å²) in [5.41, 5.74) is 6.91. The summed E-state index contributed by atoms with van der Waals surface area (Å²) in [6, 6.07) is 23.8. The number of hydrogen-bond acceptors (Lipinski definition) is 3. The van der Waals surface area contributed by atoms with Gasteiger partial charge in [-0.25, -0.2) is 8.42 Å². The number of fused-ring (bicyclic) bond motifs is 1. The third kappa shape index (κ3) is 4.40. The average Bonchev–Trinajstić information content (AvgIpc) is 3.15. The molecule has 180 valence electrons. The van der Waals surface area contributed by atoms with Crippen LogP contribution in [0.1, 0.15) is 28.8 Å². The van der Waals surface area contributed by atoms with Crippen molar-refractivity contribution in [3.63, 3.8) is 0 Å². The number of sulfonamides is 1. The molecule has 2 heterocycles. The van der Waals surface area contributed by atoms with Gasteiger partial charge in [-0.3, -0.25) is 0 Å². The van der Waals surface area contributed by atoms with Crippen molar-refractivity contribution in [3.8, 4) is 5.75 Å². The van der Waals surface area contributed by atoms with Crippen molar-refractivity contribution in [1.82, 2.24) is 8.87 Å². The summed E-state index contributed by atoms with van der Waals surface area (Å²) in [7, 11) is -1.83. The van der Waals surface area contributed by atoms with E-state index in [1.54, 1.807) is 29.6 Å². The van der Waals surface area contributed by atoms with E-state index < -0.39 is 10.0 Å². The molecule has 1 aromatic heterocycles. The molecule has 0 fully saturated rings. The van der Waals surface area contributed by atoms with Crippen LogP contribution in [0.3, 0.4) is 0 Å². The molecule has 0 N–H and O–H groups in total. The lowest BCUT2D eigenvalue weighted by Crippen LogP contribution is -2.34. The Morgan fingerprint density at radius 3 is 2.49 bits per heavy atom. The van der Waals surface area contributed by atoms with Crippen LogP contribution in [0, 0.1) is 13.8 Å². The summed E-state index contributed by atoms with van der Waals surface area (Å²) in [6.07, 6.45) is 2.76. The van der Waals surface area contributed by atoms with Gasteiger partial charge in [-0.05, 0) is 67.3 Å². The highest BCUT2D eigenvalue weighted by Crippen LogP contribution is 2.36. The van der Waals surface area contributed by atoms with E-state index in [1.807, 2.05) is 25.1 Å². The van der Waals surface area contributed by atoms with Crippen LogP contribution in [0.2, 0.25) is 0 Å². The summed E-state index contributed by atoms with van der Waals surface area (Å²) in [6.45, 7) is 5.66. The first-order chi connectivity index (χ1) is 16.9. The Kier molecular flexibility index (Phi) is 6.26. The molecule has 4 aromatic rings. The zero-order valence-corrected chi connectivity index (χ0v) is 21.2. The van der Waals surface area contributed by atoms with Crippen molar-refractivity contribution < 1.29 is 13.2 Å². The third-order valence-electron chi connectivity index (χ3n) is 6.83. The van der Waals surface area contributed by atoms with Gasteiger partial charge in [0.15, 0.2) is 0 Å². The molecule has 0 atom stereocenters. The molecule has 0 bridgehead atoms. The monoisotopic (exact) mass is 486 g/mol. The van der Waals surface area contributed by atoms with E-state index >= 15 is 0 Å². The van der Waals surface area contributed by atoms with Crippen LogP contribution in [0.4, 0.5) is 0 Å². The van der Waals surface area contributed by atoms with Gasteiger partial charge < -0.3 is 9.30 Å². The van der Waals surface area contributed by atoms with E-state index in [2.05, 4.69) is 54.0 Å². The number of methoxy groups -OCH3 is 1. The molecule has 0 spiro atoms. The fourth-order valence-corrected chi connectivity index (χ4v) is 6.50. The molecule has 6 heteroatoms. The molecule has 1 aliphatic heterocycles. The maximum absolute atomic E-state index is 13.2. The zero-order chi connectivity index (χ0) is 24.6. The molecule has 0 saturated carbocycles. The van der Waals surface area contributed by atoms with Crippen molar-refractivity contribution in [2.24, 2.45) is 0 Å². The molecular weight excluding hydrogens is 456 g/mol. The van der Waals surface area contributed by atoms with Gasteiger partial charge in [-0.15, -0.1) is 0 Å². The quantitative estimate of drug-likeness (QED) is 0.346. The Morgan fingerprint density at radius 2 is 1.74 bits per heavy atom. The van der Waals surface area contributed by atoms with E-state index in [9.17, 15) is 8.42 Å². The van der Waals surface area contributed by atoms with Crippen LogP contribution < -0.4 is 4.74 Å². The summed E-state index contributed by atoms with van der Waals surface area (Å²) in [5, 5.41) is 1.20. The van der Waals surface area contributed by atoms with Crippen LogP contribution in [0.15, 0.2) is 83.8 Å². The highest BCUT2D eigenvalue weighted by Gasteiger charge is 2.28. The van der Waals surface area contributed by atoms with Crippen molar-refractivity contribution >= 4 is 26.5 Å². The molecule has 0 unspecified atom stereocenters. The molecule has 0 aliphatic carbocycles. The molecule has 3 aromatic carbocycles. The van der Waals surface area contributed by atoms with Crippen LogP contribution >= 0.6 is 0 Å². The van der Waals surface area contributed by atoms with Gasteiger partial charge in [0, 0.05) is 41.8 Å². The van der Waals surface area contributed by atoms with Gasteiger partial charge >= 0.3 is 0 Å². The molecule has 0 radical (unpaired) electrons. The minimum absolute atomic E-state index is 0.362. The Morgan fingerprint density at radius 1 is 0.943 bits per heavy atom. The first-order valence-electron chi connectivity index (χ1n) is 11.9. The normalized spacial score (nSPS) is 14.8. The lowest BCUT2D eigenvalue weighted by atomic mass is 9.97. The maximum Gasteiger partial charge on any atom is 0.243 e. The lowest BCUT2D eigenvalue weighted by Gasteiger charge is -2.26. The highest BCUT2D eigenvalue weighted by molar-refractivity contribution is 7.89. The standard InChI is InChI=1S/C29H30N2O3S/c1-21-8-6-11-26(18-21)35(32,33)30-16-14-24(15-17-30)29-22(2)31(28-13-5-4-12-27(28)29)20-23-9-7-10-25(19-23)34-3/h4-14,18-19H,15-17,20H2,1-3H3. The largest absolute Gasteiger partial charge is 0.497 e. The van der Waals surface area contributed by atoms with Gasteiger partial charge in [0.2, 0.25) is 10.0 Å². The van der Waals surface area contributed by atoms with Gasteiger partial charge in [0.25, 0.3) is 0 Å². The summed E-state index contributed by atoms with van der Waals surface area (Å²) in [4.78, 5) is 0.362. The Balaban J connectivity index is 1.49. The second kappa shape index (κ2) is 9.36. The molecule has 5 nitrogen and oxygen atoms in total. The van der Waals surface area contributed by atoms with E-state index in [-0.39, 0.29) is 0 Å². The summed E-state index contributed by atoms with van der Waals surface area (Å²) < 4.78 is 35.7. The smallest absolute Gasteiger partial charge is 0.243 e. The van der Waals surface area contributed by atoms with E-state index in [4.69, 9.17) is 4.74 Å². The first-order valence-corrected chi connectivity index (χ1v) is 13.3. The molecule has 1 aliphatic rings. The molecule has 0 saturated heterocycles. The average molecular weight is 487 g/mol.